The van der Waals surface area contributed by atoms with Gasteiger partial charge in [0, 0.05) is 12.1 Å². The molecule has 20 heavy (non-hydrogen) atoms. The smallest absolute Gasteiger partial charge is 0.127 e. The van der Waals surface area contributed by atoms with Gasteiger partial charge in [-0.05, 0) is 34.6 Å². The predicted octanol–water partition coefficient (Wildman–Crippen LogP) is 4.40. The molecule has 100 valence electrons. The summed E-state index contributed by atoms with van der Waals surface area (Å²) < 4.78 is 3.30. The first kappa shape index (κ1) is 13.4. The van der Waals surface area contributed by atoms with E-state index in [1.807, 2.05) is 12.4 Å². The van der Waals surface area contributed by atoms with E-state index in [0.717, 1.165) is 16.7 Å². The van der Waals surface area contributed by atoms with Gasteiger partial charge in [0.15, 0.2) is 0 Å². The first-order chi connectivity index (χ1) is 9.84. The summed E-state index contributed by atoms with van der Waals surface area (Å²) in [5, 5.41) is 0. The molecule has 0 aliphatic heterocycles. The highest BCUT2D eigenvalue weighted by Crippen LogP contribution is 2.24. The van der Waals surface area contributed by atoms with Crippen molar-refractivity contribution in [3.8, 4) is 11.3 Å². The summed E-state index contributed by atoms with van der Waals surface area (Å²) in [4.78, 5) is 4.45. The summed E-state index contributed by atoms with van der Waals surface area (Å²) in [5.41, 5.74) is 3.79. The van der Waals surface area contributed by atoms with Gasteiger partial charge in [0.05, 0.1) is 12.0 Å². The molecule has 0 saturated carbocycles. The Bertz CT molecular complexity index is 675. The van der Waals surface area contributed by atoms with Crippen LogP contribution in [0.15, 0.2) is 67.0 Å². The number of aryl methyl sites for hydroxylation is 2. The average Bonchev–Trinajstić information content (AvgIpc) is 2.88. The van der Waals surface area contributed by atoms with E-state index in [1.165, 1.54) is 16.8 Å². The van der Waals surface area contributed by atoms with E-state index >= 15 is 0 Å². The van der Waals surface area contributed by atoms with Crippen LogP contribution in [0.4, 0.5) is 0 Å². The van der Waals surface area contributed by atoms with E-state index in [-0.39, 0.29) is 0 Å². The molecule has 0 atom stereocenters. The summed E-state index contributed by atoms with van der Waals surface area (Å²) in [7, 11) is 0. The van der Waals surface area contributed by atoms with Crippen LogP contribution in [-0.4, -0.2) is 9.55 Å². The fourth-order valence-corrected chi connectivity index (χ4v) is 3.05. The largest absolute Gasteiger partial charge is 0.329 e. The van der Waals surface area contributed by atoms with Gasteiger partial charge in [0.25, 0.3) is 0 Å². The first-order valence-corrected chi connectivity index (χ1v) is 7.72. The SMILES string of the molecule is Ic1ncn(CCc2ccccc2)c1-c1ccccc1. The van der Waals surface area contributed by atoms with Crippen LogP contribution in [0.5, 0.6) is 0 Å². The van der Waals surface area contributed by atoms with Gasteiger partial charge in [0.1, 0.15) is 3.70 Å². The van der Waals surface area contributed by atoms with Crippen molar-refractivity contribution in [2.45, 2.75) is 13.0 Å². The zero-order chi connectivity index (χ0) is 13.8. The quantitative estimate of drug-likeness (QED) is 0.619. The van der Waals surface area contributed by atoms with Crippen molar-refractivity contribution in [3.63, 3.8) is 0 Å². The van der Waals surface area contributed by atoms with Gasteiger partial charge in [-0.15, -0.1) is 0 Å². The number of hydrogen-bond acceptors (Lipinski definition) is 1. The van der Waals surface area contributed by atoms with Gasteiger partial charge < -0.3 is 4.57 Å². The van der Waals surface area contributed by atoms with Crippen molar-refractivity contribution >= 4 is 22.6 Å². The number of nitrogens with zero attached hydrogens (tertiary/aromatic N) is 2. The lowest BCUT2D eigenvalue weighted by Gasteiger charge is -2.09. The first-order valence-electron chi connectivity index (χ1n) is 6.64. The molecule has 3 heteroatoms. The summed E-state index contributed by atoms with van der Waals surface area (Å²) in [5.74, 6) is 0. The number of imidazole rings is 1. The maximum atomic E-state index is 4.45. The Kier molecular flexibility index (Phi) is 4.16. The van der Waals surface area contributed by atoms with E-state index < -0.39 is 0 Å². The van der Waals surface area contributed by atoms with Crippen LogP contribution in [0.2, 0.25) is 0 Å². The Labute approximate surface area is 132 Å². The Morgan fingerprint density at radius 3 is 2.25 bits per heavy atom. The number of hydrogen-bond donors (Lipinski definition) is 0. The fraction of sp³-hybridized carbons (Fsp3) is 0.118. The molecule has 0 amide bonds. The van der Waals surface area contributed by atoms with Crippen molar-refractivity contribution in [2.75, 3.05) is 0 Å². The molecule has 0 bridgehead atoms. The third-order valence-corrected chi connectivity index (χ3v) is 4.11. The Morgan fingerprint density at radius 1 is 0.900 bits per heavy atom. The zero-order valence-electron chi connectivity index (χ0n) is 11.0. The highest BCUT2D eigenvalue weighted by molar-refractivity contribution is 14.1. The summed E-state index contributed by atoms with van der Waals surface area (Å²) in [6.07, 6.45) is 2.96. The lowest BCUT2D eigenvalue weighted by Crippen LogP contribution is -2.02. The normalized spacial score (nSPS) is 10.7. The van der Waals surface area contributed by atoms with Crippen LogP contribution in [0.1, 0.15) is 5.56 Å². The monoisotopic (exact) mass is 374 g/mol. The topological polar surface area (TPSA) is 17.8 Å². The summed E-state index contributed by atoms with van der Waals surface area (Å²) in [6, 6.07) is 21.0. The number of halogens is 1. The standard InChI is InChI=1S/C17H15IN2/c18-17-16(15-9-5-2-6-10-15)20(13-19-17)12-11-14-7-3-1-4-8-14/h1-10,13H,11-12H2. The average molecular weight is 374 g/mol. The van der Waals surface area contributed by atoms with Gasteiger partial charge in [-0.3, -0.25) is 0 Å². The Hall–Kier alpha value is -1.62. The molecule has 0 spiro atoms. The van der Waals surface area contributed by atoms with Crippen molar-refractivity contribution in [2.24, 2.45) is 0 Å². The van der Waals surface area contributed by atoms with Crippen LogP contribution >= 0.6 is 22.6 Å². The van der Waals surface area contributed by atoms with Crippen LogP contribution in [0.3, 0.4) is 0 Å². The van der Waals surface area contributed by atoms with E-state index in [2.05, 4.69) is 86.7 Å². The van der Waals surface area contributed by atoms with Gasteiger partial charge >= 0.3 is 0 Å². The number of rotatable bonds is 4. The highest BCUT2D eigenvalue weighted by Gasteiger charge is 2.10. The molecular weight excluding hydrogens is 359 g/mol. The molecule has 0 N–H and O–H groups in total. The molecule has 0 radical (unpaired) electrons. The second kappa shape index (κ2) is 6.22. The van der Waals surface area contributed by atoms with E-state index in [4.69, 9.17) is 0 Å². The molecule has 3 rings (SSSR count). The molecule has 1 heterocycles. The van der Waals surface area contributed by atoms with Crippen LogP contribution in [-0.2, 0) is 13.0 Å². The maximum Gasteiger partial charge on any atom is 0.127 e. The van der Waals surface area contributed by atoms with Gasteiger partial charge in [-0.25, -0.2) is 4.98 Å². The molecule has 1 aromatic heterocycles. The van der Waals surface area contributed by atoms with E-state index in [1.54, 1.807) is 0 Å². The Morgan fingerprint density at radius 2 is 1.55 bits per heavy atom. The minimum absolute atomic E-state index is 0.949. The minimum atomic E-state index is 0.949. The van der Waals surface area contributed by atoms with Crippen LogP contribution in [0, 0.1) is 3.70 Å². The molecule has 2 aromatic carbocycles. The second-order valence-electron chi connectivity index (χ2n) is 4.68. The number of aromatic nitrogens is 2. The molecular formula is C17H15IN2. The molecule has 2 nitrogen and oxygen atoms in total. The zero-order valence-corrected chi connectivity index (χ0v) is 13.2. The minimum Gasteiger partial charge on any atom is -0.329 e. The van der Waals surface area contributed by atoms with E-state index in [0.29, 0.717) is 0 Å². The summed E-state index contributed by atoms with van der Waals surface area (Å²) in [6.45, 7) is 0.949. The summed E-state index contributed by atoms with van der Waals surface area (Å²) >= 11 is 2.31. The van der Waals surface area contributed by atoms with Crippen molar-refractivity contribution < 1.29 is 0 Å². The van der Waals surface area contributed by atoms with Gasteiger partial charge in [0.2, 0.25) is 0 Å². The van der Waals surface area contributed by atoms with Gasteiger partial charge in [-0.1, -0.05) is 60.7 Å². The lowest BCUT2D eigenvalue weighted by molar-refractivity contribution is 0.701. The third kappa shape index (κ3) is 2.93. The predicted molar refractivity (Wildman–Crippen MR) is 90.5 cm³/mol. The fourth-order valence-electron chi connectivity index (χ4n) is 2.30. The van der Waals surface area contributed by atoms with Crippen LogP contribution < -0.4 is 0 Å². The van der Waals surface area contributed by atoms with Crippen molar-refractivity contribution in [3.05, 3.63) is 76.3 Å². The number of benzene rings is 2. The lowest BCUT2D eigenvalue weighted by atomic mass is 10.1. The van der Waals surface area contributed by atoms with Crippen LogP contribution in [0.25, 0.3) is 11.3 Å². The Balaban J connectivity index is 1.85. The van der Waals surface area contributed by atoms with Crippen molar-refractivity contribution in [1.82, 2.24) is 9.55 Å². The van der Waals surface area contributed by atoms with Gasteiger partial charge in [-0.2, -0.15) is 0 Å². The molecule has 0 aliphatic carbocycles. The van der Waals surface area contributed by atoms with E-state index in [9.17, 15) is 0 Å². The maximum absolute atomic E-state index is 4.45. The molecule has 0 saturated heterocycles. The molecule has 0 unspecified atom stereocenters. The molecule has 0 fully saturated rings. The third-order valence-electron chi connectivity index (χ3n) is 3.32. The molecule has 0 aliphatic rings. The molecule has 3 aromatic rings. The van der Waals surface area contributed by atoms with Crippen molar-refractivity contribution in [1.29, 1.82) is 0 Å². The highest BCUT2D eigenvalue weighted by atomic mass is 127. The second-order valence-corrected chi connectivity index (χ2v) is 5.70.